The number of anilines is 1. The summed E-state index contributed by atoms with van der Waals surface area (Å²) >= 11 is 0. The number of halogens is 3. The Hall–Kier alpha value is -5.34. The van der Waals surface area contributed by atoms with Crippen molar-refractivity contribution in [3.63, 3.8) is 0 Å². The van der Waals surface area contributed by atoms with Crippen molar-refractivity contribution in [1.82, 2.24) is 0 Å². The maximum absolute atomic E-state index is 14.6. The van der Waals surface area contributed by atoms with Gasteiger partial charge < -0.3 is 28.4 Å². The molecule has 0 bridgehead atoms. The van der Waals surface area contributed by atoms with E-state index in [1.54, 1.807) is 28.4 Å². The molecule has 0 amide bonds. The van der Waals surface area contributed by atoms with Gasteiger partial charge in [0.2, 0.25) is 5.70 Å². The number of fused-ring (bicyclic) bond motifs is 2. The van der Waals surface area contributed by atoms with Crippen LogP contribution in [0.2, 0.25) is 0 Å². The highest BCUT2D eigenvalue weighted by Gasteiger charge is 2.44. The summed E-state index contributed by atoms with van der Waals surface area (Å²) in [7, 11) is 2.53. The lowest BCUT2D eigenvalue weighted by atomic mass is 9.94. The Labute approximate surface area is 306 Å². The molecule has 0 aliphatic carbocycles. The smallest absolute Gasteiger partial charge is 0.485 e. The number of aromatic nitrogens is 1. The van der Waals surface area contributed by atoms with Crippen LogP contribution in [0.4, 0.5) is 18.9 Å². The summed E-state index contributed by atoms with van der Waals surface area (Å²) in [6, 6.07) is 20.3. The van der Waals surface area contributed by atoms with E-state index in [1.807, 2.05) is 54.1 Å². The van der Waals surface area contributed by atoms with Crippen molar-refractivity contribution in [2.24, 2.45) is 0 Å². The highest BCUT2D eigenvalue weighted by molar-refractivity contribution is 7.86. The highest BCUT2D eigenvalue weighted by Crippen LogP contribution is 2.42. The summed E-state index contributed by atoms with van der Waals surface area (Å²) in [6.07, 6.45) is 8.40. The molecule has 2 aliphatic heterocycles. The number of carbonyl (C=O) groups excluding carboxylic acids is 1. The Morgan fingerprint density at radius 2 is 1.45 bits per heavy atom. The molecule has 1 aromatic heterocycles. The number of alkyl halides is 3. The minimum atomic E-state index is -6.09. The van der Waals surface area contributed by atoms with E-state index in [-0.39, 0.29) is 5.78 Å². The third-order valence-corrected chi connectivity index (χ3v) is 9.97. The van der Waals surface area contributed by atoms with Crippen LogP contribution in [-0.4, -0.2) is 65.8 Å². The first kappa shape index (κ1) is 38.9. The average Bonchev–Trinajstić information content (AvgIpc) is 3.43. The van der Waals surface area contributed by atoms with Crippen molar-refractivity contribution in [2.45, 2.75) is 38.2 Å². The number of nitrogens with zero attached hydrogens (tertiary/aromatic N) is 2. The summed E-state index contributed by atoms with van der Waals surface area (Å²) in [4.78, 5) is 16.9. The van der Waals surface area contributed by atoms with Crippen molar-refractivity contribution in [2.75, 3.05) is 40.4 Å². The lowest BCUT2D eigenvalue weighted by molar-refractivity contribution is -0.578. The number of ketones is 1. The van der Waals surface area contributed by atoms with E-state index in [1.165, 1.54) is 11.3 Å². The predicted molar refractivity (Wildman–Crippen MR) is 194 cm³/mol. The van der Waals surface area contributed by atoms with Gasteiger partial charge in [0.25, 0.3) is 11.5 Å². The first-order valence-corrected chi connectivity index (χ1v) is 17.8. The molecular weight excluding hydrogens is 713 g/mol. The Kier molecular flexibility index (Phi) is 11.2. The molecule has 3 aromatic carbocycles. The van der Waals surface area contributed by atoms with Gasteiger partial charge in [-0.3, -0.25) is 4.79 Å². The molecule has 0 spiro atoms. The minimum absolute atomic E-state index is 0.111. The van der Waals surface area contributed by atoms with Gasteiger partial charge in [-0.1, -0.05) is 18.2 Å². The molecule has 1 atom stereocenters. The molecule has 280 valence electrons. The number of carbonyl (C=O) groups is 1. The average molecular weight is 753 g/mol. The van der Waals surface area contributed by atoms with Crippen molar-refractivity contribution < 1.29 is 54.5 Å². The summed E-state index contributed by atoms with van der Waals surface area (Å²) in [5, 5.41) is 0. The number of benzene rings is 3. The maximum atomic E-state index is 14.6. The first-order valence-electron chi connectivity index (χ1n) is 16.4. The molecule has 10 nitrogen and oxygen atoms in total. The third-order valence-electron chi connectivity index (χ3n) is 9.40. The van der Waals surface area contributed by atoms with Gasteiger partial charge in [-0.15, -0.1) is 0 Å². The second-order valence-electron chi connectivity index (χ2n) is 12.4. The SMILES string of the molecule is COc1ccc(OC)c(C2=C(c3cc(OC)ccc3OC)[n+]3ccc(/C=C/c4ccc5c(c4)CCC(C)N5C)c(C)c3C2=O)c1.O=S(=O)([O-])C(F)(F)F. The van der Waals surface area contributed by atoms with Gasteiger partial charge in [0.1, 0.15) is 28.6 Å². The van der Waals surface area contributed by atoms with Gasteiger partial charge in [-0.25, -0.2) is 8.42 Å². The molecule has 0 fully saturated rings. The number of rotatable bonds is 8. The molecule has 1 unspecified atom stereocenters. The fourth-order valence-electron chi connectivity index (χ4n) is 6.42. The van der Waals surface area contributed by atoms with Crippen LogP contribution in [0.1, 0.15) is 57.2 Å². The topological polar surface area (TPSA) is 118 Å². The van der Waals surface area contributed by atoms with Crippen LogP contribution >= 0.6 is 0 Å². The number of methoxy groups -OCH3 is 4. The van der Waals surface area contributed by atoms with Crippen molar-refractivity contribution in [3.05, 3.63) is 106 Å². The molecule has 4 aromatic rings. The van der Waals surface area contributed by atoms with E-state index in [0.717, 1.165) is 35.1 Å². The van der Waals surface area contributed by atoms with Gasteiger partial charge >= 0.3 is 5.51 Å². The molecule has 6 rings (SSSR count). The van der Waals surface area contributed by atoms with Crippen LogP contribution in [0.5, 0.6) is 23.0 Å². The number of hydrogen-bond acceptors (Lipinski definition) is 9. The lowest BCUT2D eigenvalue weighted by Crippen LogP contribution is -2.35. The van der Waals surface area contributed by atoms with Crippen LogP contribution in [0.3, 0.4) is 0 Å². The first-order chi connectivity index (χ1) is 25.0. The zero-order valence-corrected chi connectivity index (χ0v) is 31.0. The molecule has 14 heteroatoms. The zero-order chi connectivity index (χ0) is 38.8. The van der Waals surface area contributed by atoms with Crippen LogP contribution in [0.25, 0.3) is 23.4 Å². The number of aryl methyl sites for hydroxylation is 1. The van der Waals surface area contributed by atoms with Crippen molar-refractivity contribution in [1.29, 1.82) is 0 Å². The fourth-order valence-corrected chi connectivity index (χ4v) is 6.42. The normalized spacial score (nSPS) is 15.5. The lowest BCUT2D eigenvalue weighted by Gasteiger charge is -2.34. The van der Waals surface area contributed by atoms with Gasteiger partial charge in [-0.05, 0) is 91.9 Å². The van der Waals surface area contributed by atoms with E-state index in [4.69, 9.17) is 31.9 Å². The monoisotopic (exact) mass is 752 g/mol. The van der Waals surface area contributed by atoms with Gasteiger partial charge in [0.15, 0.2) is 16.3 Å². The summed E-state index contributed by atoms with van der Waals surface area (Å²) < 4.78 is 83.6. The van der Waals surface area contributed by atoms with Crippen LogP contribution in [0.15, 0.2) is 66.9 Å². The molecule has 3 heterocycles. The van der Waals surface area contributed by atoms with Crippen LogP contribution < -0.4 is 28.4 Å². The molecule has 0 saturated carbocycles. The summed E-state index contributed by atoms with van der Waals surface area (Å²) in [5.74, 6) is 2.35. The molecule has 0 radical (unpaired) electrons. The second kappa shape index (κ2) is 15.3. The van der Waals surface area contributed by atoms with Gasteiger partial charge in [-0.2, -0.15) is 17.7 Å². The van der Waals surface area contributed by atoms with E-state index in [0.29, 0.717) is 51.6 Å². The number of ether oxygens (including phenoxy) is 4. The number of hydrogen-bond donors (Lipinski definition) is 0. The molecule has 0 N–H and O–H groups in total. The molecule has 0 saturated heterocycles. The Balaban J connectivity index is 0.000000609. The van der Waals surface area contributed by atoms with Crippen molar-refractivity contribution in [3.8, 4) is 23.0 Å². The van der Waals surface area contributed by atoms with Crippen molar-refractivity contribution >= 4 is 45.0 Å². The van der Waals surface area contributed by atoms with Gasteiger partial charge in [0, 0.05) is 36.0 Å². The standard InChI is InChI=1S/C38H39N2O5.CHF3O3S/c1-23-8-11-27-20-25(10-15-32(27)39(23)3)9-12-26-18-19-40-36(24(26)2)38(41)35(30-21-28(42-4)13-16-33(30)44-6)37(40)31-22-29(43-5)14-17-34(31)45-7;2-1(3,4)8(5,6)7/h9-10,12-23H,8,11H2,1-7H3;(H,5,6,7)/q+1;/p-1. The number of Topliss-reactive ketones (excluding diaryl/α,β-unsaturated/α-hetero) is 1. The Morgan fingerprint density at radius 3 is 2.02 bits per heavy atom. The predicted octanol–water partition coefficient (Wildman–Crippen LogP) is 6.92. The zero-order valence-electron chi connectivity index (χ0n) is 30.2. The second-order valence-corrected chi connectivity index (χ2v) is 13.8. The molecule has 53 heavy (non-hydrogen) atoms. The highest BCUT2D eigenvalue weighted by atomic mass is 32.2. The van der Waals surface area contributed by atoms with E-state index in [2.05, 4.69) is 55.3 Å². The fraction of sp³-hybridized carbons (Fsp3) is 0.282. The maximum Gasteiger partial charge on any atom is 0.485 e. The number of pyridine rings is 1. The molecule has 2 aliphatic rings. The number of allylic oxidation sites excluding steroid dienone is 1. The van der Waals surface area contributed by atoms with E-state index >= 15 is 0 Å². The molecular formula is C39H39F3N2O8S. The minimum Gasteiger partial charge on any atom is -0.741 e. The summed E-state index contributed by atoms with van der Waals surface area (Å²) in [5.41, 5.74) is 3.12. The van der Waals surface area contributed by atoms with Crippen LogP contribution in [-0.2, 0) is 16.5 Å². The summed E-state index contributed by atoms with van der Waals surface area (Å²) in [6.45, 7) is 4.27. The third kappa shape index (κ3) is 7.74. The van der Waals surface area contributed by atoms with Gasteiger partial charge in [0.05, 0.1) is 34.0 Å². The van der Waals surface area contributed by atoms with E-state index in [9.17, 15) is 18.0 Å². The quantitative estimate of drug-likeness (QED) is 0.107. The van der Waals surface area contributed by atoms with E-state index < -0.39 is 15.6 Å². The largest absolute Gasteiger partial charge is 0.741 e. The Bertz CT molecular complexity index is 2230. The Morgan fingerprint density at radius 1 is 0.868 bits per heavy atom. The van der Waals surface area contributed by atoms with Crippen LogP contribution in [0, 0.1) is 6.92 Å².